The minimum absolute atomic E-state index is 0.271. The number of carbonyl (C=O) groups excluding carboxylic acids is 1. The summed E-state index contributed by atoms with van der Waals surface area (Å²) in [6, 6.07) is 7.53. The standard InChI is InChI=1S/C13H17N3O4S/c1-20-11-3-4-12-9(6-11)5-10(16-12)7-14-13(17)8-15-21(2,18)19/h3-6,15-16H,7-8H2,1-2H3,(H,14,17). The number of aromatic nitrogens is 1. The van der Waals surface area contributed by atoms with E-state index in [1.165, 1.54) is 0 Å². The van der Waals surface area contributed by atoms with Crippen LogP contribution >= 0.6 is 0 Å². The number of hydrogen-bond acceptors (Lipinski definition) is 4. The highest BCUT2D eigenvalue weighted by Crippen LogP contribution is 2.21. The zero-order chi connectivity index (χ0) is 15.5. The van der Waals surface area contributed by atoms with Gasteiger partial charge in [0.05, 0.1) is 26.5 Å². The first kappa shape index (κ1) is 15.3. The maximum Gasteiger partial charge on any atom is 0.235 e. The minimum atomic E-state index is -3.36. The van der Waals surface area contributed by atoms with E-state index in [2.05, 4.69) is 15.0 Å². The number of H-pyrrole nitrogens is 1. The van der Waals surface area contributed by atoms with Crippen LogP contribution in [0.15, 0.2) is 24.3 Å². The van der Waals surface area contributed by atoms with Crippen LogP contribution in [-0.4, -0.2) is 39.2 Å². The predicted molar refractivity (Wildman–Crippen MR) is 79.5 cm³/mol. The number of carbonyl (C=O) groups is 1. The van der Waals surface area contributed by atoms with Crippen molar-refractivity contribution in [2.24, 2.45) is 0 Å². The maximum absolute atomic E-state index is 11.5. The number of benzene rings is 1. The molecule has 1 aromatic heterocycles. The Morgan fingerprint density at radius 2 is 2.10 bits per heavy atom. The molecule has 0 aliphatic rings. The molecular weight excluding hydrogens is 294 g/mol. The van der Waals surface area contributed by atoms with Crippen molar-refractivity contribution >= 4 is 26.8 Å². The summed E-state index contributed by atoms with van der Waals surface area (Å²) in [7, 11) is -1.76. The van der Waals surface area contributed by atoms with Crippen molar-refractivity contribution in [2.45, 2.75) is 6.54 Å². The van der Waals surface area contributed by atoms with Crippen molar-refractivity contribution in [1.82, 2.24) is 15.0 Å². The van der Waals surface area contributed by atoms with E-state index in [1.54, 1.807) is 7.11 Å². The monoisotopic (exact) mass is 311 g/mol. The van der Waals surface area contributed by atoms with E-state index in [1.807, 2.05) is 24.3 Å². The topological polar surface area (TPSA) is 100 Å². The van der Waals surface area contributed by atoms with Gasteiger partial charge in [0.15, 0.2) is 0 Å². The fraction of sp³-hybridized carbons (Fsp3) is 0.308. The maximum atomic E-state index is 11.5. The lowest BCUT2D eigenvalue weighted by Gasteiger charge is -2.04. The molecule has 1 amide bonds. The summed E-state index contributed by atoms with van der Waals surface area (Å²) >= 11 is 0. The van der Waals surface area contributed by atoms with Gasteiger partial charge in [-0.15, -0.1) is 0 Å². The Kier molecular flexibility index (Phi) is 4.49. The predicted octanol–water partition coefficient (Wildman–Crippen LogP) is 0.342. The molecule has 114 valence electrons. The van der Waals surface area contributed by atoms with E-state index < -0.39 is 15.9 Å². The lowest BCUT2D eigenvalue weighted by atomic mass is 10.2. The van der Waals surface area contributed by atoms with Crippen LogP contribution in [0, 0.1) is 0 Å². The number of aromatic amines is 1. The molecule has 2 aromatic rings. The van der Waals surface area contributed by atoms with E-state index >= 15 is 0 Å². The number of ether oxygens (including phenoxy) is 1. The number of sulfonamides is 1. The summed E-state index contributed by atoms with van der Waals surface area (Å²) in [5.41, 5.74) is 1.76. The highest BCUT2D eigenvalue weighted by atomic mass is 32.2. The molecule has 8 heteroatoms. The molecule has 0 atom stereocenters. The van der Waals surface area contributed by atoms with Gasteiger partial charge in [0.2, 0.25) is 15.9 Å². The summed E-state index contributed by atoms with van der Waals surface area (Å²) in [6.45, 7) is 0.0220. The van der Waals surface area contributed by atoms with E-state index in [4.69, 9.17) is 4.74 Å². The zero-order valence-corrected chi connectivity index (χ0v) is 12.6. The average molecular weight is 311 g/mol. The first-order valence-corrected chi connectivity index (χ1v) is 8.13. The van der Waals surface area contributed by atoms with E-state index in [0.29, 0.717) is 6.54 Å². The molecular formula is C13H17N3O4S. The first-order chi connectivity index (χ1) is 9.87. The summed E-state index contributed by atoms with van der Waals surface area (Å²) in [5.74, 6) is 0.367. The number of hydrogen-bond donors (Lipinski definition) is 3. The molecule has 0 aliphatic carbocycles. The lowest BCUT2D eigenvalue weighted by molar-refractivity contribution is -0.120. The van der Waals surface area contributed by atoms with Gasteiger partial charge in [-0.1, -0.05) is 0 Å². The highest BCUT2D eigenvalue weighted by molar-refractivity contribution is 7.88. The number of methoxy groups -OCH3 is 1. The van der Waals surface area contributed by atoms with Gasteiger partial charge in [-0.05, 0) is 24.3 Å². The normalized spacial score (nSPS) is 11.5. The van der Waals surface area contributed by atoms with Crippen LogP contribution in [0.25, 0.3) is 10.9 Å². The molecule has 0 aliphatic heterocycles. The number of nitrogens with one attached hydrogen (secondary N) is 3. The molecule has 7 nitrogen and oxygen atoms in total. The Hall–Kier alpha value is -2.06. The van der Waals surface area contributed by atoms with E-state index in [9.17, 15) is 13.2 Å². The summed E-state index contributed by atoms with van der Waals surface area (Å²) in [6.07, 6.45) is 1.01. The van der Waals surface area contributed by atoms with Gasteiger partial charge in [0.25, 0.3) is 0 Å². The molecule has 21 heavy (non-hydrogen) atoms. The second kappa shape index (κ2) is 6.15. The molecule has 0 fully saturated rings. The summed E-state index contributed by atoms with van der Waals surface area (Å²) < 4.78 is 29.0. The molecule has 1 aromatic carbocycles. The van der Waals surface area contributed by atoms with Crippen LogP contribution in [0.4, 0.5) is 0 Å². The SMILES string of the molecule is COc1ccc2[nH]c(CNC(=O)CNS(C)(=O)=O)cc2c1. The molecule has 0 bridgehead atoms. The molecule has 3 N–H and O–H groups in total. The minimum Gasteiger partial charge on any atom is -0.497 e. The van der Waals surface area contributed by atoms with Crippen molar-refractivity contribution in [1.29, 1.82) is 0 Å². The third kappa shape index (κ3) is 4.47. The Labute approximate surface area is 122 Å². The van der Waals surface area contributed by atoms with E-state index in [0.717, 1.165) is 28.6 Å². The van der Waals surface area contributed by atoms with Gasteiger partial charge < -0.3 is 15.0 Å². The van der Waals surface area contributed by atoms with Gasteiger partial charge >= 0.3 is 0 Å². The second-order valence-corrected chi connectivity index (χ2v) is 6.45. The van der Waals surface area contributed by atoms with Crippen molar-refractivity contribution in [3.63, 3.8) is 0 Å². The van der Waals surface area contributed by atoms with E-state index in [-0.39, 0.29) is 6.54 Å². The smallest absolute Gasteiger partial charge is 0.235 e. The Morgan fingerprint density at radius 1 is 1.33 bits per heavy atom. The van der Waals surface area contributed by atoms with Gasteiger partial charge in [-0.2, -0.15) is 0 Å². The average Bonchev–Trinajstić information content (AvgIpc) is 2.83. The van der Waals surface area contributed by atoms with Crippen LogP contribution in [0.3, 0.4) is 0 Å². The van der Waals surface area contributed by atoms with Crippen LogP contribution in [0.1, 0.15) is 5.69 Å². The molecule has 1 heterocycles. The Bertz CT molecular complexity index is 752. The second-order valence-electron chi connectivity index (χ2n) is 4.62. The third-order valence-corrected chi connectivity index (χ3v) is 3.52. The van der Waals surface area contributed by atoms with Crippen molar-refractivity contribution < 1.29 is 17.9 Å². The van der Waals surface area contributed by atoms with Crippen molar-refractivity contribution in [2.75, 3.05) is 19.9 Å². The largest absolute Gasteiger partial charge is 0.497 e. The number of rotatable bonds is 6. The van der Waals surface area contributed by atoms with Gasteiger partial charge in [-0.25, -0.2) is 13.1 Å². The molecule has 0 radical (unpaired) electrons. The third-order valence-electron chi connectivity index (χ3n) is 2.85. The van der Waals surface area contributed by atoms with Crippen LogP contribution in [0.2, 0.25) is 0 Å². The zero-order valence-electron chi connectivity index (χ0n) is 11.8. The highest BCUT2D eigenvalue weighted by Gasteiger charge is 2.07. The molecule has 0 saturated heterocycles. The van der Waals surface area contributed by atoms with Gasteiger partial charge in [0, 0.05) is 16.6 Å². The number of fused-ring (bicyclic) bond motifs is 1. The fourth-order valence-electron chi connectivity index (χ4n) is 1.85. The lowest BCUT2D eigenvalue weighted by Crippen LogP contribution is -2.36. The van der Waals surface area contributed by atoms with Gasteiger partial charge in [0.1, 0.15) is 5.75 Å². The van der Waals surface area contributed by atoms with Crippen LogP contribution in [0.5, 0.6) is 5.75 Å². The van der Waals surface area contributed by atoms with Gasteiger partial charge in [-0.3, -0.25) is 4.79 Å². The fourth-order valence-corrected chi connectivity index (χ4v) is 2.24. The summed E-state index contributed by atoms with van der Waals surface area (Å²) in [4.78, 5) is 14.7. The molecule has 0 spiro atoms. The summed E-state index contributed by atoms with van der Waals surface area (Å²) in [5, 5.41) is 3.61. The van der Waals surface area contributed by atoms with Crippen molar-refractivity contribution in [3.8, 4) is 5.75 Å². The van der Waals surface area contributed by atoms with Crippen molar-refractivity contribution in [3.05, 3.63) is 30.0 Å². The van der Waals surface area contributed by atoms with Crippen LogP contribution in [-0.2, 0) is 21.4 Å². The Balaban J connectivity index is 1.95. The molecule has 2 rings (SSSR count). The molecule has 0 saturated carbocycles. The Morgan fingerprint density at radius 3 is 2.76 bits per heavy atom. The number of amides is 1. The molecule has 0 unspecified atom stereocenters. The van der Waals surface area contributed by atoms with Crippen LogP contribution < -0.4 is 14.8 Å². The quantitative estimate of drug-likeness (QED) is 0.716. The first-order valence-electron chi connectivity index (χ1n) is 6.24.